The molecule has 0 aliphatic carbocycles. The smallest absolute Gasteiger partial charge is 0.133 e. The SMILES string of the molecule is Fc1ccc(COC2=C(Br)CN(Cc3cccc(F)c3)C=C2)cc1. The molecule has 1 heterocycles. The Morgan fingerprint density at radius 1 is 1.00 bits per heavy atom. The Morgan fingerprint density at radius 3 is 2.50 bits per heavy atom. The summed E-state index contributed by atoms with van der Waals surface area (Å²) in [6.07, 6.45) is 3.80. The molecule has 0 bridgehead atoms. The summed E-state index contributed by atoms with van der Waals surface area (Å²) in [5, 5.41) is 0. The number of hydrogen-bond donors (Lipinski definition) is 0. The number of halogens is 3. The van der Waals surface area contributed by atoms with Gasteiger partial charge in [-0.15, -0.1) is 0 Å². The van der Waals surface area contributed by atoms with Crippen molar-refractivity contribution in [1.29, 1.82) is 0 Å². The standard InChI is InChI=1S/C19H16BrF2NO/c20-18-12-23(11-15-2-1-3-17(22)10-15)9-8-19(18)24-13-14-4-6-16(21)7-5-14/h1-10H,11-13H2. The minimum Gasteiger partial charge on any atom is -0.488 e. The van der Waals surface area contributed by atoms with Gasteiger partial charge in [0.05, 0.1) is 11.0 Å². The normalized spacial score (nSPS) is 14.2. The van der Waals surface area contributed by atoms with Crippen LogP contribution in [0.2, 0.25) is 0 Å². The van der Waals surface area contributed by atoms with Crippen molar-refractivity contribution in [3.63, 3.8) is 0 Å². The van der Waals surface area contributed by atoms with Gasteiger partial charge in [-0.1, -0.05) is 24.3 Å². The van der Waals surface area contributed by atoms with E-state index in [9.17, 15) is 8.78 Å². The van der Waals surface area contributed by atoms with Crippen LogP contribution in [-0.2, 0) is 17.9 Å². The van der Waals surface area contributed by atoms with Crippen LogP contribution in [0.1, 0.15) is 11.1 Å². The van der Waals surface area contributed by atoms with E-state index in [1.54, 1.807) is 18.2 Å². The molecule has 0 amide bonds. The van der Waals surface area contributed by atoms with Gasteiger partial charge in [0.25, 0.3) is 0 Å². The second-order valence-corrected chi connectivity index (χ2v) is 6.49. The first-order valence-corrected chi connectivity index (χ1v) is 8.32. The van der Waals surface area contributed by atoms with E-state index >= 15 is 0 Å². The summed E-state index contributed by atoms with van der Waals surface area (Å²) in [6.45, 7) is 1.64. The molecule has 2 aromatic rings. The van der Waals surface area contributed by atoms with Gasteiger partial charge in [0, 0.05) is 12.7 Å². The van der Waals surface area contributed by atoms with E-state index in [4.69, 9.17) is 4.74 Å². The maximum atomic E-state index is 13.2. The van der Waals surface area contributed by atoms with E-state index < -0.39 is 0 Å². The lowest BCUT2D eigenvalue weighted by molar-refractivity contribution is 0.203. The summed E-state index contributed by atoms with van der Waals surface area (Å²) in [6, 6.07) is 12.8. The van der Waals surface area contributed by atoms with Crippen LogP contribution in [0, 0.1) is 11.6 Å². The van der Waals surface area contributed by atoms with Crippen LogP contribution in [0.4, 0.5) is 8.78 Å². The van der Waals surface area contributed by atoms with E-state index in [2.05, 4.69) is 20.8 Å². The molecule has 124 valence electrons. The summed E-state index contributed by atoms with van der Waals surface area (Å²) >= 11 is 3.54. The van der Waals surface area contributed by atoms with Gasteiger partial charge in [-0.25, -0.2) is 8.78 Å². The van der Waals surface area contributed by atoms with E-state index in [0.717, 1.165) is 21.4 Å². The molecule has 2 nitrogen and oxygen atoms in total. The summed E-state index contributed by atoms with van der Waals surface area (Å²) in [7, 11) is 0. The third-order valence-electron chi connectivity index (χ3n) is 3.63. The van der Waals surface area contributed by atoms with Crippen LogP contribution in [0.15, 0.2) is 71.0 Å². The quantitative estimate of drug-likeness (QED) is 0.701. The monoisotopic (exact) mass is 391 g/mol. The average molecular weight is 392 g/mol. The molecular weight excluding hydrogens is 376 g/mol. The molecule has 1 aliphatic rings. The Labute approximate surface area is 148 Å². The average Bonchev–Trinajstić information content (AvgIpc) is 2.56. The fourth-order valence-corrected chi connectivity index (χ4v) is 2.99. The van der Waals surface area contributed by atoms with Crippen LogP contribution in [0.25, 0.3) is 0 Å². The van der Waals surface area contributed by atoms with Crippen LogP contribution in [0.3, 0.4) is 0 Å². The molecule has 5 heteroatoms. The van der Waals surface area contributed by atoms with Crippen molar-refractivity contribution < 1.29 is 13.5 Å². The van der Waals surface area contributed by atoms with Crippen molar-refractivity contribution >= 4 is 15.9 Å². The van der Waals surface area contributed by atoms with Gasteiger partial charge in [0.1, 0.15) is 24.0 Å². The number of ether oxygens (including phenoxy) is 1. The fraction of sp³-hybridized carbons (Fsp3) is 0.158. The summed E-state index contributed by atoms with van der Waals surface area (Å²) < 4.78 is 32.8. The zero-order valence-corrected chi connectivity index (χ0v) is 14.5. The van der Waals surface area contributed by atoms with Gasteiger partial charge in [-0.05, 0) is 57.4 Å². The van der Waals surface area contributed by atoms with Crippen LogP contribution in [0.5, 0.6) is 0 Å². The van der Waals surface area contributed by atoms with Gasteiger partial charge < -0.3 is 9.64 Å². The summed E-state index contributed by atoms with van der Waals surface area (Å²) in [4.78, 5) is 2.06. The second kappa shape index (κ2) is 7.62. The van der Waals surface area contributed by atoms with Gasteiger partial charge in [0.15, 0.2) is 0 Å². The molecule has 3 rings (SSSR count). The third-order valence-corrected chi connectivity index (χ3v) is 4.27. The highest BCUT2D eigenvalue weighted by atomic mass is 79.9. The Morgan fingerprint density at radius 2 is 1.79 bits per heavy atom. The molecular formula is C19H16BrF2NO. The van der Waals surface area contributed by atoms with Gasteiger partial charge in [-0.2, -0.15) is 0 Å². The molecule has 0 aromatic heterocycles. The van der Waals surface area contributed by atoms with E-state index in [1.165, 1.54) is 24.3 Å². The molecule has 1 aliphatic heterocycles. The van der Waals surface area contributed by atoms with Crippen LogP contribution >= 0.6 is 15.9 Å². The van der Waals surface area contributed by atoms with Crippen molar-refractivity contribution in [2.45, 2.75) is 13.2 Å². The van der Waals surface area contributed by atoms with E-state index in [0.29, 0.717) is 19.7 Å². The Hall–Kier alpha value is -2.14. The topological polar surface area (TPSA) is 12.5 Å². The zero-order chi connectivity index (χ0) is 16.9. The number of rotatable bonds is 5. The highest BCUT2D eigenvalue weighted by molar-refractivity contribution is 9.11. The molecule has 0 spiro atoms. The maximum absolute atomic E-state index is 13.2. The van der Waals surface area contributed by atoms with Crippen molar-refractivity contribution in [2.24, 2.45) is 0 Å². The molecule has 0 saturated carbocycles. The Kier molecular flexibility index (Phi) is 5.30. The molecule has 0 N–H and O–H groups in total. The molecule has 0 radical (unpaired) electrons. The number of hydrogen-bond acceptors (Lipinski definition) is 2. The summed E-state index contributed by atoms with van der Waals surface area (Å²) in [5.74, 6) is 0.255. The predicted octanol–water partition coefficient (Wildman–Crippen LogP) is 5.12. The molecule has 0 atom stereocenters. The minimum atomic E-state index is -0.260. The maximum Gasteiger partial charge on any atom is 0.133 e. The van der Waals surface area contributed by atoms with Gasteiger partial charge in [0.2, 0.25) is 0 Å². The van der Waals surface area contributed by atoms with Crippen molar-refractivity contribution in [3.05, 3.63) is 93.8 Å². The van der Waals surface area contributed by atoms with E-state index in [1.807, 2.05) is 18.3 Å². The van der Waals surface area contributed by atoms with E-state index in [-0.39, 0.29) is 11.6 Å². The molecule has 0 saturated heterocycles. The van der Waals surface area contributed by atoms with Crippen molar-refractivity contribution in [2.75, 3.05) is 6.54 Å². The highest BCUT2D eigenvalue weighted by Gasteiger charge is 2.13. The number of nitrogens with zero attached hydrogens (tertiary/aromatic N) is 1. The molecule has 0 fully saturated rings. The first kappa shape index (κ1) is 16.7. The Bertz CT molecular complexity index is 771. The number of allylic oxidation sites excluding steroid dienone is 1. The third kappa shape index (κ3) is 4.45. The summed E-state index contributed by atoms with van der Waals surface area (Å²) in [5.41, 5.74) is 1.82. The molecule has 24 heavy (non-hydrogen) atoms. The highest BCUT2D eigenvalue weighted by Crippen LogP contribution is 2.23. The first-order chi connectivity index (χ1) is 11.6. The number of benzene rings is 2. The zero-order valence-electron chi connectivity index (χ0n) is 12.9. The lowest BCUT2D eigenvalue weighted by Crippen LogP contribution is -2.22. The van der Waals surface area contributed by atoms with Gasteiger partial charge >= 0.3 is 0 Å². The van der Waals surface area contributed by atoms with Crippen molar-refractivity contribution in [1.82, 2.24) is 4.90 Å². The molecule has 2 aromatic carbocycles. The predicted molar refractivity (Wildman–Crippen MR) is 93.1 cm³/mol. The van der Waals surface area contributed by atoms with Gasteiger partial charge in [-0.3, -0.25) is 0 Å². The van der Waals surface area contributed by atoms with Crippen LogP contribution in [-0.4, -0.2) is 11.4 Å². The van der Waals surface area contributed by atoms with Crippen molar-refractivity contribution in [3.8, 4) is 0 Å². The first-order valence-electron chi connectivity index (χ1n) is 7.53. The van der Waals surface area contributed by atoms with Crippen LogP contribution < -0.4 is 0 Å². The largest absolute Gasteiger partial charge is 0.488 e. The minimum absolute atomic E-state index is 0.230. The lowest BCUT2D eigenvalue weighted by atomic mass is 10.2. The fourth-order valence-electron chi connectivity index (χ4n) is 2.42. The lowest BCUT2D eigenvalue weighted by Gasteiger charge is -2.25. The molecule has 0 unspecified atom stereocenters. The second-order valence-electron chi connectivity index (χ2n) is 5.53. The Balaban J connectivity index is 1.57.